The van der Waals surface area contributed by atoms with E-state index in [-0.39, 0.29) is 0 Å². The number of hydrogen-bond donors (Lipinski definition) is 0. The average molecular weight is 783 g/mol. The molecule has 0 spiro atoms. The summed E-state index contributed by atoms with van der Waals surface area (Å²) >= 11 is 5.47. The lowest BCUT2D eigenvalue weighted by Crippen LogP contribution is -2.23. The van der Waals surface area contributed by atoms with Crippen LogP contribution in [0.15, 0.2) is 35.3 Å². The summed E-state index contributed by atoms with van der Waals surface area (Å²) in [6.45, 7) is 13.5. The number of rotatable bonds is 17. The van der Waals surface area contributed by atoms with Crippen molar-refractivity contribution in [3.8, 4) is 0 Å². The van der Waals surface area contributed by atoms with Crippen molar-refractivity contribution >= 4 is 86.3 Å². The largest absolute Gasteiger partial charge is 0.461 e. The maximum absolute atomic E-state index is 12.8. The Balaban J connectivity index is 1.69. The van der Waals surface area contributed by atoms with Crippen LogP contribution >= 0.6 is 45.3 Å². The Morgan fingerprint density at radius 3 is 2.64 bits per heavy atom. The van der Waals surface area contributed by atoms with Gasteiger partial charge in [0.1, 0.15) is 6.73 Å². The van der Waals surface area contributed by atoms with Crippen molar-refractivity contribution in [2.45, 2.75) is 65.5 Å². The molecule has 3 heterocycles. The number of alkyl halides is 1. The molecule has 1 aromatic carbocycles. The minimum Gasteiger partial charge on any atom is -0.461 e. The number of nitrogens with zero attached hydrogens (tertiary/aromatic N) is 6. The average Bonchev–Trinajstić information content (AvgIpc) is 3.58. The third-order valence-electron chi connectivity index (χ3n) is 6.88. The summed E-state index contributed by atoms with van der Waals surface area (Å²) in [6, 6.07) is 11.4. The van der Waals surface area contributed by atoms with Crippen LogP contribution in [-0.2, 0) is 27.4 Å². The predicted molar refractivity (Wildman–Crippen MR) is 195 cm³/mol. The quantitative estimate of drug-likeness (QED) is 0.0357. The number of aromatic nitrogens is 4. The summed E-state index contributed by atoms with van der Waals surface area (Å²) in [5.74, 6) is 0.802. The predicted octanol–water partition coefficient (Wildman–Crippen LogP) is 7.52. The second-order valence-electron chi connectivity index (χ2n) is 11.7. The molecule has 0 aliphatic rings. The summed E-state index contributed by atoms with van der Waals surface area (Å²) in [4.78, 5) is 26.3. The Morgan fingerprint density at radius 2 is 1.93 bits per heavy atom. The number of thiazole rings is 2. The first-order valence-corrected chi connectivity index (χ1v) is 22.1. The Morgan fingerprint density at radius 1 is 1.13 bits per heavy atom. The van der Waals surface area contributed by atoms with Gasteiger partial charge < -0.3 is 19.1 Å². The van der Waals surface area contributed by atoms with E-state index in [2.05, 4.69) is 69.1 Å². The number of ether oxygens (including phenoxy) is 3. The van der Waals surface area contributed by atoms with Gasteiger partial charge in [0.05, 0.1) is 16.8 Å². The summed E-state index contributed by atoms with van der Waals surface area (Å²) in [5, 5.41) is 9.89. The number of fused-ring (bicyclic) bond motifs is 1. The third kappa shape index (κ3) is 9.87. The maximum Gasteiger partial charge on any atom is 0.358 e. The van der Waals surface area contributed by atoms with E-state index in [0.717, 1.165) is 61.8 Å². The molecule has 0 atom stereocenters. The van der Waals surface area contributed by atoms with Crippen LogP contribution < -0.4 is 9.70 Å². The molecule has 4 aromatic rings. The van der Waals surface area contributed by atoms with Gasteiger partial charge in [-0.25, -0.2) is 9.78 Å². The van der Waals surface area contributed by atoms with Crippen molar-refractivity contribution in [3.05, 3.63) is 51.3 Å². The van der Waals surface area contributed by atoms with Crippen molar-refractivity contribution in [1.82, 2.24) is 19.7 Å². The van der Waals surface area contributed by atoms with Crippen LogP contribution in [0.2, 0.25) is 25.7 Å². The van der Waals surface area contributed by atoms with Crippen molar-refractivity contribution < 1.29 is 19.0 Å². The number of benzene rings is 1. The number of esters is 1. The van der Waals surface area contributed by atoms with Crippen LogP contribution in [0.1, 0.15) is 40.7 Å². The zero-order chi connectivity index (χ0) is 32.4. The van der Waals surface area contributed by atoms with Gasteiger partial charge in [-0.1, -0.05) is 65.7 Å². The molecule has 0 radical (unpaired) electrons. The van der Waals surface area contributed by atoms with Gasteiger partial charge in [0.15, 0.2) is 27.3 Å². The molecule has 0 aliphatic heterocycles. The lowest BCUT2D eigenvalue weighted by atomic mass is 10.2. The van der Waals surface area contributed by atoms with Crippen LogP contribution in [0.4, 0.5) is 16.8 Å². The Kier molecular flexibility index (Phi) is 13.5. The maximum atomic E-state index is 12.8. The second-order valence-corrected chi connectivity index (χ2v) is 20.5. The number of aryl methyl sites for hydroxylation is 2. The lowest BCUT2D eigenvalue weighted by molar-refractivity contribution is 0.0519. The standard InChI is InChI=1S/C31H43IN6O4S2Si/c1-7-42-29(39)27-25(14-10-15-32)44-30(33-27)37(16-11-17-40-3)26-20-22(2)28(36-35-26)34-31-38(21-41-18-19-45(4,5)6)23-12-8-9-13-24(23)43-31/h8-9,12-13,20H,7,10-11,14-19,21H2,1-6H3. The van der Waals surface area contributed by atoms with Gasteiger partial charge in [0.25, 0.3) is 0 Å². The molecule has 14 heteroatoms. The first kappa shape index (κ1) is 35.6. The Hall–Kier alpha value is -2.24. The molecular formula is C31H43IN6O4S2Si. The minimum atomic E-state index is -1.19. The fourth-order valence-electron chi connectivity index (χ4n) is 4.45. The number of carbonyl (C=O) groups excluding carboxylic acids is 1. The van der Waals surface area contributed by atoms with Gasteiger partial charge >= 0.3 is 5.97 Å². The number of carbonyl (C=O) groups is 1. The summed E-state index contributed by atoms with van der Waals surface area (Å²) in [6.07, 6.45) is 2.47. The fraction of sp³-hybridized carbons (Fsp3) is 0.516. The number of anilines is 2. The number of para-hydroxylation sites is 1. The highest BCUT2D eigenvalue weighted by Crippen LogP contribution is 2.33. The SMILES string of the molecule is CCOC(=O)c1nc(N(CCCOC)c2cc(C)c(N=c3sc4ccccc4n3COCC[Si](C)(C)C)nn2)sc1CCCI. The molecule has 0 aliphatic carbocycles. The van der Waals surface area contributed by atoms with Gasteiger partial charge in [-0.2, -0.15) is 4.99 Å². The molecule has 0 bridgehead atoms. The summed E-state index contributed by atoms with van der Waals surface area (Å²) in [7, 11) is 0.493. The molecule has 10 nitrogen and oxygen atoms in total. The van der Waals surface area contributed by atoms with Gasteiger partial charge in [0.2, 0.25) is 0 Å². The first-order chi connectivity index (χ1) is 21.6. The van der Waals surface area contributed by atoms with Crippen molar-refractivity contribution in [1.29, 1.82) is 0 Å². The van der Waals surface area contributed by atoms with Crippen molar-refractivity contribution in [2.24, 2.45) is 4.99 Å². The van der Waals surface area contributed by atoms with E-state index < -0.39 is 14.0 Å². The fourth-order valence-corrected chi connectivity index (χ4v) is 7.73. The van der Waals surface area contributed by atoms with Crippen LogP contribution in [0.5, 0.6) is 0 Å². The van der Waals surface area contributed by atoms with E-state index >= 15 is 0 Å². The van der Waals surface area contributed by atoms with E-state index in [1.807, 2.05) is 30.0 Å². The van der Waals surface area contributed by atoms with Gasteiger partial charge in [-0.05, 0) is 67.3 Å². The van der Waals surface area contributed by atoms with Gasteiger partial charge in [-0.15, -0.1) is 21.5 Å². The van der Waals surface area contributed by atoms with E-state index in [1.54, 1.807) is 25.4 Å². The molecule has 244 valence electrons. The molecule has 4 rings (SSSR count). The molecule has 3 aromatic heterocycles. The molecule has 0 fully saturated rings. The highest BCUT2D eigenvalue weighted by molar-refractivity contribution is 14.1. The van der Waals surface area contributed by atoms with Crippen LogP contribution in [0.25, 0.3) is 10.2 Å². The molecule has 0 N–H and O–H groups in total. The highest BCUT2D eigenvalue weighted by Gasteiger charge is 2.24. The smallest absolute Gasteiger partial charge is 0.358 e. The van der Waals surface area contributed by atoms with E-state index in [4.69, 9.17) is 24.2 Å². The molecule has 0 amide bonds. The number of hydrogen-bond acceptors (Lipinski definition) is 11. The molecular weight excluding hydrogens is 740 g/mol. The van der Waals surface area contributed by atoms with E-state index in [9.17, 15) is 4.79 Å². The topological polar surface area (TPSA) is 104 Å². The van der Waals surface area contributed by atoms with Gasteiger partial charge in [0, 0.05) is 39.8 Å². The summed E-state index contributed by atoms with van der Waals surface area (Å²) in [5.41, 5.74) is 2.35. The highest BCUT2D eigenvalue weighted by atomic mass is 127. The van der Waals surface area contributed by atoms with Crippen molar-refractivity contribution in [2.75, 3.05) is 42.8 Å². The van der Waals surface area contributed by atoms with E-state index in [0.29, 0.717) is 49.0 Å². The van der Waals surface area contributed by atoms with E-state index in [1.165, 1.54) is 11.3 Å². The molecule has 0 saturated heterocycles. The van der Waals surface area contributed by atoms with Crippen molar-refractivity contribution in [3.63, 3.8) is 0 Å². The number of halogens is 1. The van der Waals surface area contributed by atoms with Gasteiger partial charge in [-0.3, -0.25) is 4.57 Å². The van der Waals surface area contributed by atoms with Crippen LogP contribution in [-0.4, -0.2) is 71.7 Å². The Labute approximate surface area is 288 Å². The second kappa shape index (κ2) is 17.1. The molecule has 0 unspecified atom stereocenters. The molecule has 45 heavy (non-hydrogen) atoms. The number of methoxy groups -OCH3 is 1. The first-order valence-electron chi connectivity index (χ1n) is 15.2. The molecule has 0 saturated carbocycles. The normalized spacial score (nSPS) is 12.3. The summed E-state index contributed by atoms with van der Waals surface area (Å²) < 4.78 is 21.0. The lowest BCUT2D eigenvalue weighted by Gasteiger charge is -2.20. The minimum absolute atomic E-state index is 0.301. The van der Waals surface area contributed by atoms with Crippen LogP contribution in [0, 0.1) is 6.92 Å². The third-order valence-corrected chi connectivity index (χ3v) is 11.5. The zero-order valence-corrected chi connectivity index (χ0v) is 31.8. The Bertz CT molecular complexity index is 1630. The van der Waals surface area contributed by atoms with Crippen LogP contribution in [0.3, 0.4) is 0 Å². The monoisotopic (exact) mass is 782 g/mol. The zero-order valence-electron chi connectivity index (χ0n) is 27.0.